The van der Waals surface area contributed by atoms with Crippen molar-refractivity contribution in [3.05, 3.63) is 71.8 Å². The van der Waals surface area contributed by atoms with Crippen molar-refractivity contribution in [2.24, 2.45) is 0 Å². The van der Waals surface area contributed by atoms with Crippen molar-refractivity contribution in [2.45, 2.75) is 18.4 Å². The number of morpholine rings is 1. The number of rotatable bonds is 7. The molecule has 2 heterocycles. The molecule has 0 aliphatic carbocycles. The van der Waals surface area contributed by atoms with Gasteiger partial charge in [0.05, 0.1) is 30.9 Å². The summed E-state index contributed by atoms with van der Waals surface area (Å²) in [5, 5.41) is 2.78. The van der Waals surface area contributed by atoms with Gasteiger partial charge in [0, 0.05) is 37.6 Å². The van der Waals surface area contributed by atoms with Gasteiger partial charge in [-0.3, -0.25) is 4.79 Å². The summed E-state index contributed by atoms with van der Waals surface area (Å²) in [6.45, 7) is 3.89. The van der Waals surface area contributed by atoms with Gasteiger partial charge in [0.15, 0.2) is 0 Å². The first-order valence-corrected chi connectivity index (χ1v) is 12.0. The lowest BCUT2D eigenvalue weighted by Crippen LogP contribution is -2.40. The number of carbonyl (C=O) groups excluding carboxylic acids is 1. The molecule has 1 aromatic heterocycles. The van der Waals surface area contributed by atoms with Crippen molar-refractivity contribution in [1.82, 2.24) is 13.9 Å². The summed E-state index contributed by atoms with van der Waals surface area (Å²) in [4.78, 5) is 17.2. The van der Waals surface area contributed by atoms with E-state index in [1.54, 1.807) is 24.4 Å². The van der Waals surface area contributed by atoms with Crippen LogP contribution in [0.5, 0.6) is 5.75 Å². The third kappa shape index (κ3) is 5.08. The summed E-state index contributed by atoms with van der Waals surface area (Å²) in [5.74, 6) is 0.923. The van der Waals surface area contributed by atoms with Gasteiger partial charge in [-0.25, -0.2) is 13.4 Å². The highest BCUT2D eigenvalue weighted by Gasteiger charge is 2.27. The van der Waals surface area contributed by atoms with Crippen molar-refractivity contribution in [3.8, 4) is 5.75 Å². The second-order valence-corrected chi connectivity index (χ2v) is 9.57. The number of nitrogens with one attached hydrogen (secondary N) is 1. The third-order valence-electron chi connectivity index (χ3n) is 5.52. The Kier molecular flexibility index (Phi) is 6.77. The summed E-state index contributed by atoms with van der Waals surface area (Å²) in [6.07, 6.45) is 3.65. The molecule has 0 saturated carbocycles. The van der Waals surface area contributed by atoms with Crippen molar-refractivity contribution in [3.63, 3.8) is 0 Å². The molecule has 1 amide bonds. The zero-order chi connectivity index (χ0) is 23.4. The number of carbonyl (C=O) groups is 1. The lowest BCUT2D eigenvalue weighted by molar-refractivity contribution is 0.0730. The van der Waals surface area contributed by atoms with Gasteiger partial charge in [-0.1, -0.05) is 12.1 Å². The number of aryl methyl sites for hydroxylation is 1. The molecule has 3 aromatic rings. The number of anilines is 1. The van der Waals surface area contributed by atoms with E-state index in [4.69, 9.17) is 9.47 Å². The smallest absolute Gasteiger partial charge is 0.255 e. The fraction of sp³-hybridized carbons (Fsp3) is 0.304. The molecule has 0 bridgehead atoms. The number of ether oxygens (including phenoxy) is 2. The van der Waals surface area contributed by atoms with Gasteiger partial charge in [-0.15, -0.1) is 0 Å². The summed E-state index contributed by atoms with van der Waals surface area (Å²) < 4.78 is 40.0. The highest BCUT2D eigenvalue weighted by Crippen LogP contribution is 2.29. The molecule has 1 N–H and O–H groups in total. The molecule has 1 aliphatic rings. The van der Waals surface area contributed by atoms with Crippen molar-refractivity contribution < 1.29 is 22.7 Å². The number of hydrogen-bond acceptors (Lipinski definition) is 6. The minimum atomic E-state index is -3.71. The Morgan fingerprint density at radius 3 is 2.52 bits per heavy atom. The van der Waals surface area contributed by atoms with Crippen LogP contribution in [0.3, 0.4) is 0 Å². The van der Waals surface area contributed by atoms with E-state index < -0.39 is 10.0 Å². The molecule has 174 valence electrons. The molecule has 1 aliphatic heterocycles. The minimum absolute atomic E-state index is 0.0894. The summed E-state index contributed by atoms with van der Waals surface area (Å²) >= 11 is 0. The fourth-order valence-corrected chi connectivity index (χ4v) is 5.04. The molecule has 10 heteroatoms. The van der Waals surface area contributed by atoms with Crippen LogP contribution in [-0.4, -0.2) is 61.6 Å². The third-order valence-corrected chi connectivity index (χ3v) is 7.41. The Morgan fingerprint density at radius 1 is 1.15 bits per heavy atom. The normalized spacial score (nSPS) is 14.7. The quantitative estimate of drug-likeness (QED) is 0.569. The predicted octanol–water partition coefficient (Wildman–Crippen LogP) is 2.52. The Morgan fingerprint density at radius 2 is 1.88 bits per heavy atom. The largest absolute Gasteiger partial charge is 0.495 e. The number of sulfonamides is 1. The van der Waals surface area contributed by atoms with Gasteiger partial charge >= 0.3 is 0 Å². The first kappa shape index (κ1) is 23.0. The highest BCUT2D eigenvalue weighted by molar-refractivity contribution is 7.89. The molecule has 4 rings (SSSR count). The average molecular weight is 471 g/mol. The number of amides is 1. The Labute approximate surface area is 193 Å². The highest BCUT2D eigenvalue weighted by atomic mass is 32.2. The molecule has 1 saturated heterocycles. The summed E-state index contributed by atoms with van der Waals surface area (Å²) in [7, 11) is -2.24. The first-order valence-electron chi connectivity index (χ1n) is 10.5. The molecule has 0 radical (unpaired) electrons. The number of methoxy groups -OCH3 is 1. The van der Waals surface area contributed by atoms with Crippen LogP contribution in [0, 0.1) is 6.92 Å². The SMILES string of the molecule is COc1ccc(S(=O)(=O)N2CCOCC2)cc1NC(=O)c1ccc(Cn2ccnc2C)cc1. The van der Waals surface area contributed by atoms with Gasteiger partial charge in [0.25, 0.3) is 5.91 Å². The molecule has 1 fully saturated rings. The zero-order valence-electron chi connectivity index (χ0n) is 18.5. The molecule has 0 unspecified atom stereocenters. The van der Waals surface area contributed by atoms with E-state index in [2.05, 4.69) is 10.3 Å². The molecule has 0 spiro atoms. The Balaban J connectivity index is 1.52. The molecule has 0 atom stereocenters. The fourth-order valence-electron chi connectivity index (χ4n) is 3.60. The predicted molar refractivity (Wildman–Crippen MR) is 123 cm³/mol. The number of nitrogens with zero attached hydrogens (tertiary/aromatic N) is 3. The standard InChI is InChI=1S/C23H26N4O5S/c1-17-24-9-10-26(17)16-18-3-5-19(6-4-18)23(28)25-21-15-20(7-8-22(21)31-2)33(29,30)27-11-13-32-14-12-27/h3-10,15H,11-14,16H2,1-2H3,(H,25,28). The molecule has 33 heavy (non-hydrogen) atoms. The second-order valence-electron chi connectivity index (χ2n) is 7.63. The van der Waals surface area contributed by atoms with Gasteiger partial charge in [-0.05, 0) is 42.8 Å². The molecular formula is C23H26N4O5S. The van der Waals surface area contributed by atoms with Gasteiger partial charge in [-0.2, -0.15) is 4.31 Å². The maximum atomic E-state index is 13.0. The number of hydrogen-bond donors (Lipinski definition) is 1. The van der Waals surface area contributed by atoms with Crippen molar-refractivity contribution in [1.29, 1.82) is 0 Å². The Hall–Kier alpha value is -3.21. The van der Waals surface area contributed by atoms with Crippen LogP contribution < -0.4 is 10.1 Å². The van der Waals surface area contributed by atoms with Crippen LogP contribution in [0.1, 0.15) is 21.7 Å². The zero-order valence-corrected chi connectivity index (χ0v) is 19.3. The second kappa shape index (κ2) is 9.74. The Bertz CT molecular complexity index is 1230. The van der Waals surface area contributed by atoms with Crippen LogP contribution in [0.2, 0.25) is 0 Å². The maximum Gasteiger partial charge on any atom is 0.255 e. The maximum absolute atomic E-state index is 13.0. The van der Waals surface area contributed by atoms with Crippen LogP contribution >= 0.6 is 0 Å². The monoisotopic (exact) mass is 470 g/mol. The van der Waals surface area contributed by atoms with E-state index in [0.717, 1.165) is 11.4 Å². The minimum Gasteiger partial charge on any atom is -0.495 e. The van der Waals surface area contributed by atoms with E-state index >= 15 is 0 Å². The number of benzene rings is 2. The summed E-state index contributed by atoms with van der Waals surface area (Å²) in [6, 6.07) is 11.7. The lowest BCUT2D eigenvalue weighted by atomic mass is 10.1. The average Bonchev–Trinajstić information content (AvgIpc) is 3.24. The van der Waals surface area contributed by atoms with Crippen LogP contribution in [0.4, 0.5) is 5.69 Å². The number of imidazole rings is 1. The van der Waals surface area contributed by atoms with Crippen LogP contribution in [0.15, 0.2) is 59.8 Å². The molecule has 2 aromatic carbocycles. The van der Waals surface area contributed by atoms with E-state index in [-0.39, 0.29) is 16.5 Å². The van der Waals surface area contributed by atoms with Gasteiger partial charge in [0.1, 0.15) is 11.6 Å². The van der Waals surface area contributed by atoms with E-state index in [1.165, 1.54) is 23.5 Å². The van der Waals surface area contributed by atoms with E-state index in [9.17, 15) is 13.2 Å². The molecular weight excluding hydrogens is 444 g/mol. The lowest BCUT2D eigenvalue weighted by Gasteiger charge is -2.26. The molecule has 9 nitrogen and oxygen atoms in total. The number of aromatic nitrogens is 2. The van der Waals surface area contributed by atoms with Gasteiger partial charge in [0.2, 0.25) is 10.0 Å². The van der Waals surface area contributed by atoms with E-state index in [0.29, 0.717) is 44.2 Å². The van der Waals surface area contributed by atoms with Gasteiger partial charge < -0.3 is 19.4 Å². The van der Waals surface area contributed by atoms with Crippen molar-refractivity contribution in [2.75, 3.05) is 38.7 Å². The van der Waals surface area contributed by atoms with E-state index in [1.807, 2.05) is 29.8 Å². The first-order chi connectivity index (χ1) is 15.9. The van der Waals surface area contributed by atoms with Crippen molar-refractivity contribution >= 4 is 21.6 Å². The summed E-state index contributed by atoms with van der Waals surface area (Å²) in [5.41, 5.74) is 1.77. The van der Waals surface area contributed by atoms with Crippen LogP contribution in [-0.2, 0) is 21.3 Å². The van der Waals surface area contributed by atoms with Crippen LogP contribution in [0.25, 0.3) is 0 Å². The topological polar surface area (TPSA) is 103 Å².